The molecule has 1 atom stereocenters. The summed E-state index contributed by atoms with van der Waals surface area (Å²) in [5, 5.41) is 0. The number of nitrogens with zero attached hydrogens (tertiary/aromatic N) is 2. The fourth-order valence-corrected chi connectivity index (χ4v) is 4.59. The predicted molar refractivity (Wildman–Crippen MR) is 110 cm³/mol. The molecule has 2 aromatic rings. The summed E-state index contributed by atoms with van der Waals surface area (Å²) in [7, 11) is 0. The van der Waals surface area contributed by atoms with Crippen molar-refractivity contribution in [1.29, 1.82) is 0 Å². The lowest BCUT2D eigenvalue weighted by atomic mass is 9.95. The lowest BCUT2D eigenvalue weighted by Gasteiger charge is -2.34. The van der Waals surface area contributed by atoms with Crippen molar-refractivity contribution in [1.82, 2.24) is 9.80 Å². The first-order valence-electron chi connectivity index (χ1n) is 10.2. The van der Waals surface area contributed by atoms with Gasteiger partial charge in [0.25, 0.3) is 0 Å². The molecule has 2 aliphatic heterocycles. The van der Waals surface area contributed by atoms with Gasteiger partial charge in [0.05, 0.1) is 12.6 Å². The fourth-order valence-electron chi connectivity index (χ4n) is 4.59. The standard InChI is InChI=1S/C24H28N2O2/c1-18-5-4-7-20(13-18)24(28)16-25-11-9-19(10-12-25)14-26-15-21-6-2-3-8-22(21)23(26)17-27/h2-8,13,17,19,23H,9-12,14-16H2,1H3. The summed E-state index contributed by atoms with van der Waals surface area (Å²) in [4.78, 5) is 28.8. The van der Waals surface area contributed by atoms with Crippen LogP contribution in [0.2, 0.25) is 0 Å². The number of aldehydes is 1. The van der Waals surface area contributed by atoms with Crippen molar-refractivity contribution in [3.63, 3.8) is 0 Å². The zero-order valence-corrected chi connectivity index (χ0v) is 16.5. The molecule has 0 N–H and O–H groups in total. The number of benzene rings is 2. The highest BCUT2D eigenvalue weighted by Crippen LogP contribution is 2.33. The molecule has 0 amide bonds. The summed E-state index contributed by atoms with van der Waals surface area (Å²) < 4.78 is 0. The zero-order chi connectivity index (χ0) is 19.5. The van der Waals surface area contributed by atoms with Crippen LogP contribution in [0.15, 0.2) is 48.5 Å². The van der Waals surface area contributed by atoms with Crippen LogP contribution in [0.1, 0.15) is 45.9 Å². The van der Waals surface area contributed by atoms with Gasteiger partial charge in [0.15, 0.2) is 5.78 Å². The number of aryl methyl sites for hydroxylation is 1. The van der Waals surface area contributed by atoms with Gasteiger partial charge in [-0.1, -0.05) is 48.0 Å². The minimum atomic E-state index is -0.0999. The van der Waals surface area contributed by atoms with Gasteiger partial charge < -0.3 is 4.79 Å². The number of carbonyl (C=O) groups excluding carboxylic acids is 2. The number of ketones is 1. The molecule has 28 heavy (non-hydrogen) atoms. The van der Waals surface area contributed by atoms with E-state index in [0.717, 1.165) is 56.4 Å². The smallest absolute Gasteiger partial charge is 0.176 e. The molecule has 2 aromatic carbocycles. The third kappa shape index (κ3) is 4.08. The Labute approximate surface area is 167 Å². The number of carbonyl (C=O) groups is 2. The highest BCUT2D eigenvalue weighted by atomic mass is 16.1. The molecule has 0 bridgehead atoms. The van der Waals surface area contributed by atoms with E-state index in [2.05, 4.69) is 21.9 Å². The van der Waals surface area contributed by atoms with Crippen LogP contribution in [0.25, 0.3) is 0 Å². The second-order valence-electron chi connectivity index (χ2n) is 8.22. The molecular formula is C24H28N2O2. The first-order chi connectivity index (χ1) is 13.6. The predicted octanol–water partition coefficient (Wildman–Crippen LogP) is 3.65. The third-order valence-corrected chi connectivity index (χ3v) is 6.18. The maximum atomic E-state index is 12.5. The molecule has 2 aliphatic rings. The van der Waals surface area contributed by atoms with Crippen LogP contribution in [0.4, 0.5) is 0 Å². The van der Waals surface area contributed by atoms with Gasteiger partial charge in [-0.05, 0) is 56.0 Å². The number of rotatable bonds is 6. The molecule has 4 heteroatoms. The molecular weight excluding hydrogens is 348 g/mol. The molecule has 0 aromatic heterocycles. The minimum absolute atomic E-state index is 0.0999. The van der Waals surface area contributed by atoms with E-state index in [0.29, 0.717) is 12.5 Å². The Bertz CT molecular complexity index is 855. The van der Waals surface area contributed by atoms with Gasteiger partial charge in [0.2, 0.25) is 0 Å². The Morgan fingerprint density at radius 1 is 1.11 bits per heavy atom. The third-order valence-electron chi connectivity index (χ3n) is 6.18. The van der Waals surface area contributed by atoms with Crippen LogP contribution < -0.4 is 0 Å². The largest absolute Gasteiger partial charge is 0.301 e. The molecule has 4 rings (SSSR count). The van der Waals surface area contributed by atoms with Gasteiger partial charge in [-0.2, -0.15) is 0 Å². The number of likely N-dealkylation sites (tertiary alicyclic amines) is 1. The van der Waals surface area contributed by atoms with Crippen molar-refractivity contribution in [2.75, 3.05) is 26.2 Å². The second-order valence-corrected chi connectivity index (χ2v) is 8.22. The van der Waals surface area contributed by atoms with Gasteiger partial charge in [-0.25, -0.2) is 0 Å². The molecule has 1 unspecified atom stereocenters. The summed E-state index contributed by atoms with van der Waals surface area (Å²) in [5.74, 6) is 0.792. The molecule has 1 saturated heterocycles. The maximum Gasteiger partial charge on any atom is 0.176 e. The average molecular weight is 377 g/mol. The van der Waals surface area contributed by atoms with Gasteiger partial charge in [-0.3, -0.25) is 14.6 Å². The number of hydrogen-bond donors (Lipinski definition) is 0. The van der Waals surface area contributed by atoms with E-state index < -0.39 is 0 Å². The van der Waals surface area contributed by atoms with Crippen molar-refractivity contribution in [3.05, 3.63) is 70.8 Å². The monoisotopic (exact) mass is 376 g/mol. The van der Waals surface area contributed by atoms with Crippen molar-refractivity contribution < 1.29 is 9.59 Å². The Hall–Kier alpha value is -2.30. The SMILES string of the molecule is Cc1cccc(C(=O)CN2CCC(CN3Cc4ccccc4C3C=O)CC2)c1. The number of fused-ring (bicyclic) bond motifs is 1. The average Bonchev–Trinajstić information content (AvgIpc) is 3.06. The zero-order valence-electron chi connectivity index (χ0n) is 16.5. The van der Waals surface area contributed by atoms with E-state index in [1.165, 1.54) is 11.1 Å². The Morgan fingerprint density at radius 2 is 1.89 bits per heavy atom. The highest BCUT2D eigenvalue weighted by Gasteiger charge is 2.32. The van der Waals surface area contributed by atoms with Crippen molar-refractivity contribution >= 4 is 12.1 Å². The molecule has 0 saturated carbocycles. The topological polar surface area (TPSA) is 40.6 Å². The summed E-state index contributed by atoms with van der Waals surface area (Å²) in [6, 6.07) is 16.0. The fraction of sp³-hybridized carbons (Fsp3) is 0.417. The molecule has 4 nitrogen and oxygen atoms in total. The van der Waals surface area contributed by atoms with Gasteiger partial charge in [0, 0.05) is 18.7 Å². The van der Waals surface area contributed by atoms with Crippen molar-refractivity contribution in [2.24, 2.45) is 5.92 Å². The van der Waals surface area contributed by atoms with Crippen LogP contribution in [-0.2, 0) is 11.3 Å². The molecule has 0 aliphatic carbocycles. The highest BCUT2D eigenvalue weighted by molar-refractivity contribution is 5.97. The van der Waals surface area contributed by atoms with E-state index in [9.17, 15) is 9.59 Å². The van der Waals surface area contributed by atoms with E-state index in [1.54, 1.807) is 0 Å². The normalized spacial score (nSPS) is 20.8. The molecule has 1 fully saturated rings. The van der Waals surface area contributed by atoms with Crippen molar-refractivity contribution in [3.8, 4) is 0 Å². The Morgan fingerprint density at radius 3 is 2.64 bits per heavy atom. The second kappa shape index (κ2) is 8.38. The van der Waals surface area contributed by atoms with Gasteiger partial charge in [0.1, 0.15) is 6.29 Å². The summed E-state index contributed by atoms with van der Waals surface area (Å²) >= 11 is 0. The maximum absolute atomic E-state index is 12.5. The molecule has 0 radical (unpaired) electrons. The van der Waals surface area contributed by atoms with Crippen LogP contribution >= 0.6 is 0 Å². The summed E-state index contributed by atoms with van der Waals surface area (Å²) in [5.41, 5.74) is 4.38. The first kappa shape index (κ1) is 19.0. The number of Topliss-reactive ketones (excluding diaryl/α,β-unsaturated/α-hetero) is 1. The lowest BCUT2D eigenvalue weighted by molar-refractivity contribution is -0.112. The van der Waals surface area contributed by atoms with E-state index in [1.807, 2.05) is 43.3 Å². The van der Waals surface area contributed by atoms with E-state index >= 15 is 0 Å². The quantitative estimate of drug-likeness (QED) is 0.570. The van der Waals surface area contributed by atoms with Crippen molar-refractivity contribution in [2.45, 2.75) is 32.4 Å². The minimum Gasteiger partial charge on any atom is -0.301 e. The van der Waals surface area contributed by atoms with Crippen LogP contribution in [-0.4, -0.2) is 48.0 Å². The summed E-state index contributed by atoms with van der Waals surface area (Å²) in [6.45, 7) is 6.25. The van der Waals surface area contributed by atoms with Gasteiger partial charge in [-0.15, -0.1) is 0 Å². The summed E-state index contributed by atoms with van der Waals surface area (Å²) in [6.07, 6.45) is 3.25. The van der Waals surface area contributed by atoms with Crippen LogP contribution in [0.3, 0.4) is 0 Å². The number of piperidine rings is 1. The van der Waals surface area contributed by atoms with Crippen LogP contribution in [0.5, 0.6) is 0 Å². The molecule has 146 valence electrons. The molecule has 2 heterocycles. The van der Waals surface area contributed by atoms with E-state index in [-0.39, 0.29) is 11.8 Å². The Kier molecular flexibility index (Phi) is 5.69. The number of hydrogen-bond acceptors (Lipinski definition) is 4. The first-order valence-corrected chi connectivity index (χ1v) is 10.2. The van der Waals surface area contributed by atoms with Crippen LogP contribution in [0, 0.1) is 12.8 Å². The van der Waals surface area contributed by atoms with E-state index in [4.69, 9.17) is 0 Å². The lowest BCUT2D eigenvalue weighted by Crippen LogP contribution is -2.40. The molecule has 0 spiro atoms. The Balaban J connectivity index is 1.29. The van der Waals surface area contributed by atoms with Gasteiger partial charge >= 0.3 is 0 Å².